The van der Waals surface area contributed by atoms with Gasteiger partial charge in [0.25, 0.3) is 0 Å². The van der Waals surface area contributed by atoms with E-state index in [0.717, 1.165) is 0 Å². The molecule has 0 aliphatic carbocycles. The van der Waals surface area contributed by atoms with Gasteiger partial charge in [0.05, 0.1) is 6.61 Å². The first-order valence-corrected chi connectivity index (χ1v) is 2.27. The molecule has 1 radical (unpaired) electrons. The molecule has 0 saturated carbocycles. The molecule has 0 N–H and O–H groups in total. The normalized spacial score (nSPS) is 9.62. The highest BCUT2D eigenvalue weighted by Crippen LogP contribution is 1.89. The van der Waals surface area contributed by atoms with Crippen molar-refractivity contribution in [2.24, 2.45) is 0 Å². The lowest BCUT2D eigenvalue weighted by Crippen LogP contribution is -1.87. The van der Waals surface area contributed by atoms with Gasteiger partial charge in [-0.3, -0.25) is 0 Å². The standard InChI is InChI=1S/C4H5N2O2/c7-2-1-4-3-8-6-5-4/h3H,1-2H2. The lowest BCUT2D eigenvalue weighted by Gasteiger charge is -1.78. The van der Waals surface area contributed by atoms with Crippen LogP contribution in [0.2, 0.25) is 0 Å². The van der Waals surface area contributed by atoms with E-state index >= 15 is 0 Å². The molecule has 0 aromatic carbocycles. The summed E-state index contributed by atoms with van der Waals surface area (Å²) in [5, 5.41) is 16.6. The van der Waals surface area contributed by atoms with E-state index in [1.165, 1.54) is 6.26 Å². The van der Waals surface area contributed by atoms with E-state index in [4.69, 9.17) is 0 Å². The van der Waals surface area contributed by atoms with Gasteiger partial charge in [0.2, 0.25) is 0 Å². The van der Waals surface area contributed by atoms with E-state index in [1.807, 2.05) is 0 Å². The highest BCUT2D eigenvalue weighted by molar-refractivity contribution is 4.86. The Balaban J connectivity index is 2.50. The van der Waals surface area contributed by atoms with Crippen LogP contribution in [0.25, 0.3) is 0 Å². The zero-order valence-electron chi connectivity index (χ0n) is 4.20. The summed E-state index contributed by atoms with van der Waals surface area (Å²) < 4.78 is 4.37. The molecule has 0 aliphatic rings. The third kappa shape index (κ3) is 1.04. The molecule has 1 heterocycles. The van der Waals surface area contributed by atoms with Crippen LogP contribution in [-0.2, 0) is 11.5 Å². The number of aromatic nitrogens is 2. The lowest BCUT2D eigenvalue weighted by atomic mass is 10.4. The van der Waals surface area contributed by atoms with Crippen LogP contribution in [0, 0.1) is 0 Å². The minimum Gasteiger partial charge on any atom is -0.345 e. The Morgan fingerprint density at radius 3 is 3.12 bits per heavy atom. The van der Waals surface area contributed by atoms with E-state index in [9.17, 15) is 5.11 Å². The fourth-order valence-corrected chi connectivity index (χ4v) is 0.397. The Bertz CT molecular complexity index is 138. The summed E-state index contributed by atoms with van der Waals surface area (Å²) in [6, 6.07) is 0. The topological polar surface area (TPSA) is 58.8 Å². The molecule has 0 fully saturated rings. The minimum absolute atomic E-state index is 0.159. The third-order valence-corrected chi connectivity index (χ3v) is 0.763. The molecule has 8 heavy (non-hydrogen) atoms. The molecule has 4 heteroatoms. The maximum absolute atomic E-state index is 9.89. The van der Waals surface area contributed by atoms with Crippen molar-refractivity contribution in [1.82, 2.24) is 10.4 Å². The van der Waals surface area contributed by atoms with E-state index in [-0.39, 0.29) is 6.61 Å². The second-order valence-corrected chi connectivity index (χ2v) is 1.35. The van der Waals surface area contributed by atoms with Gasteiger partial charge in [-0.05, 0) is 0 Å². The van der Waals surface area contributed by atoms with E-state index in [2.05, 4.69) is 14.9 Å². The number of hydrogen-bond donors (Lipinski definition) is 0. The van der Waals surface area contributed by atoms with Crippen molar-refractivity contribution in [3.8, 4) is 0 Å². The molecular formula is C4H5N2O2. The van der Waals surface area contributed by atoms with Crippen LogP contribution in [0.3, 0.4) is 0 Å². The Morgan fingerprint density at radius 1 is 1.75 bits per heavy atom. The highest BCUT2D eigenvalue weighted by atomic mass is 16.5. The average Bonchev–Trinajstić information content (AvgIpc) is 2.19. The quantitative estimate of drug-likeness (QED) is 0.544. The van der Waals surface area contributed by atoms with Crippen LogP contribution in [0.1, 0.15) is 5.69 Å². The highest BCUT2D eigenvalue weighted by Gasteiger charge is 1.93. The van der Waals surface area contributed by atoms with Crippen LogP contribution in [0.15, 0.2) is 10.8 Å². The summed E-state index contributed by atoms with van der Waals surface area (Å²) in [7, 11) is 0. The number of hydrogen-bond acceptors (Lipinski definition) is 3. The molecule has 0 amide bonds. The predicted molar refractivity (Wildman–Crippen MR) is 23.6 cm³/mol. The number of rotatable bonds is 2. The van der Waals surface area contributed by atoms with Gasteiger partial charge < -0.3 is 4.52 Å². The maximum atomic E-state index is 9.89. The van der Waals surface area contributed by atoms with Crippen LogP contribution < -0.4 is 0 Å². The Hall–Kier alpha value is -0.900. The molecule has 0 spiro atoms. The summed E-state index contributed by atoms with van der Waals surface area (Å²) in [5.74, 6) is 0. The Morgan fingerprint density at radius 2 is 2.62 bits per heavy atom. The van der Waals surface area contributed by atoms with E-state index < -0.39 is 0 Å². The first-order valence-electron chi connectivity index (χ1n) is 2.27. The summed E-state index contributed by atoms with van der Waals surface area (Å²) >= 11 is 0. The van der Waals surface area contributed by atoms with Gasteiger partial charge in [0.15, 0.2) is 0 Å². The molecule has 0 bridgehead atoms. The van der Waals surface area contributed by atoms with Crippen molar-refractivity contribution in [2.75, 3.05) is 6.61 Å². The van der Waals surface area contributed by atoms with Crippen LogP contribution >= 0.6 is 0 Å². The van der Waals surface area contributed by atoms with Gasteiger partial charge in [-0.2, -0.15) is 0 Å². The van der Waals surface area contributed by atoms with Gasteiger partial charge in [-0.1, -0.05) is 0 Å². The van der Waals surface area contributed by atoms with Gasteiger partial charge >= 0.3 is 0 Å². The summed E-state index contributed by atoms with van der Waals surface area (Å²) in [5.41, 5.74) is 0.625. The Kier molecular flexibility index (Phi) is 1.58. The molecule has 0 atom stereocenters. The zero-order valence-corrected chi connectivity index (χ0v) is 4.20. The zero-order chi connectivity index (χ0) is 5.82. The first-order chi connectivity index (χ1) is 3.93. The molecule has 1 aromatic rings. The summed E-state index contributed by atoms with van der Waals surface area (Å²) in [4.78, 5) is 0. The lowest BCUT2D eigenvalue weighted by molar-refractivity contribution is 0.196. The molecule has 4 nitrogen and oxygen atoms in total. The van der Waals surface area contributed by atoms with Crippen molar-refractivity contribution < 1.29 is 9.63 Å². The van der Waals surface area contributed by atoms with Crippen LogP contribution in [0.5, 0.6) is 0 Å². The molecular weight excluding hydrogens is 108 g/mol. The average molecular weight is 113 g/mol. The van der Waals surface area contributed by atoms with E-state index in [0.29, 0.717) is 12.1 Å². The number of nitrogens with zero attached hydrogens (tertiary/aromatic N) is 2. The molecule has 1 aromatic heterocycles. The molecule has 0 unspecified atom stereocenters. The SMILES string of the molecule is [O]CCc1conn1. The van der Waals surface area contributed by atoms with Crippen molar-refractivity contribution in [1.29, 1.82) is 0 Å². The summed E-state index contributed by atoms with van der Waals surface area (Å²) in [6.45, 7) is -0.159. The van der Waals surface area contributed by atoms with Crippen molar-refractivity contribution in [3.63, 3.8) is 0 Å². The fourth-order valence-electron chi connectivity index (χ4n) is 0.397. The van der Waals surface area contributed by atoms with Gasteiger partial charge in [0.1, 0.15) is 12.0 Å². The van der Waals surface area contributed by atoms with E-state index in [1.54, 1.807) is 0 Å². The second-order valence-electron chi connectivity index (χ2n) is 1.35. The van der Waals surface area contributed by atoms with Gasteiger partial charge in [-0.25, -0.2) is 5.11 Å². The van der Waals surface area contributed by atoms with Gasteiger partial charge in [0, 0.05) is 11.7 Å². The van der Waals surface area contributed by atoms with Crippen molar-refractivity contribution >= 4 is 0 Å². The van der Waals surface area contributed by atoms with Crippen LogP contribution in [0.4, 0.5) is 0 Å². The monoisotopic (exact) mass is 113 g/mol. The predicted octanol–water partition coefficient (Wildman–Crippen LogP) is 0.0426. The molecule has 43 valence electrons. The third-order valence-electron chi connectivity index (χ3n) is 0.763. The smallest absolute Gasteiger partial charge is 0.147 e. The Labute approximate surface area is 46.1 Å². The molecule has 0 aliphatic heterocycles. The second kappa shape index (κ2) is 2.42. The maximum Gasteiger partial charge on any atom is 0.147 e. The van der Waals surface area contributed by atoms with Crippen molar-refractivity contribution in [2.45, 2.75) is 6.42 Å². The van der Waals surface area contributed by atoms with Crippen LogP contribution in [-0.4, -0.2) is 17.0 Å². The van der Waals surface area contributed by atoms with Gasteiger partial charge in [-0.15, -0.1) is 5.10 Å². The summed E-state index contributed by atoms with van der Waals surface area (Å²) in [6.07, 6.45) is 1.78. The molecule has 1 rings (SSSR count). The largest absolute Gasteiger partial charge is 0.345 e. The first kappa shape index (κ1) is 5.24. The minimum atomic E-state index is -0.159. The van der Waals surface area contributed by atoms with Crippen molar-refractivity contribution in [3.05, 3.63) is 12.0 Å². The molecule has 0 saturated heterocycles. The fraction of sp³-hybridized carbons (Fsp3) is 0.500.